The highest BCUT2D eigenvalue weighted by molar-refractivity contribution is 6.05. The Labute approximate surface area is 253 Å². The van der Waals surface area contributed by atoms with E-state index in [9.17, 15) is 19.2 Å². The van der Waals surface area contributed by atoms with E-state index in [-0.39, 0.29) is 46.1 Å². The predicted octanol–water partition coefficient (Wildman–Crippen LogP) is 6.74. The Morgan fingerprint density at radius 1 is 0.477 bits per heavy atom. The molecule has 5 rings (SSSR count). The monoisotopic (exact) mass is 586 g/mol. The van der Waals surface area contributed by atoms with Crippen molar-refractivity contribution < 1.29 is 38.1 Å². The Balaban J connectivity index is 1.53. The SMILES string of the molecule is O=C(Oc1cc(OC(=O)c2ccccc2)c(C(=O)COCc2ccccc2)c(OC(=O)c2ccccc2)c1)c1ccccc1. The van der Waals surface area contributed by atoms with Crippen molar-refractivity contribution in [1.29, 1.82) is 0 Å². The number of hydrogen-bond acceptors (Lipinski definition) is 8. The molecule has 0 unspecified atom stereocenters. The third kappa shape index (κ3) is 7.70. The van der Waals surface area contributed by atoms with Gasteiger partial charge in [-0.3, -0.25) is 4.79 Å². The molecule has 0 saturated carbocycles. The number of carbonyl (C=O) groups is 4. The molecule has 0 heterocycles. The van der Waals surface area contributed by atoms with E-state index in [4.69, 9.17) is 18.9 Å². The maximum absolute atomic E-state index is 13.7. The Kier molecular flexibility index (Phi) is 9.66. The van der Waals surface area contributed by atoms with Crippen LogP contribution in [-0.4, -0.2) is 30.3 Å². The molecular formula is C36H26O8. The summed E-state index contributed by atoms with van der Waals surface area (Å²) in [5, 5.41) is 0. The van der Waals surface area contributed by atoms with Gasteiger partial charge in [0.15, 0.2) is 5.78 Å². The van der Waals surface area contributed by atoms with Gasteiger partial charge in [-0.15, -0.1) is 0 Å². The number of ketones is 1. The Morgan fingerprint density at radius 2 is 0.864 bits per heavy atom. The number of benzene rings is 5. The van der Waals surface area contributed by atoms with Crippen LogP contribution in [-0.2, 0) is 11.3 Å². The molecule has 0 aliphatic heterocycles. The molecule has 5 aromatic rings. The van der Waals surface area contributed by atoms with Crippen LogP contribution in [0, 0.1) is 0 Å². The number of esters is 3. The molecule has 0 N–H and O–H groups in total. The Bertz CT molecular complexity index is 1680. The lowest BCUT2D eigenvalue weighted by Crippen LogP contribution is -2.18. The topological polar surface area (TPSA) is 105 Å². The molecule has 0 aromatic heterocycles. The summed E-state index contributed by atoms with van der Waals surface area (Å²) in [5.74, 6) is -3.58. The van der Waals surface area contributed by atoms with Gasteiger partial charge in [0.1, 0.15) is 29.4 Å². The largest absolute Gasteiger partial charge is 0.423 e. The molecule has 0 radical (unpaired) electrons. The molecule has 218 valence electrons. The zero-order valence-electron chi connectivity index (χ0n) is 23.4. The highest BCUT2D eigenvalue weighted by Gasteiger charge is 2.26. The molecule has 0 atom stereocenters. The predicted molar refractivity (Wildman–Crippen MR) is 161 cm³/mol. The molecular weight excluding hydrogens is 560 g/mol. The fraction of sp³-hybridized carbons (Fsp3) is 0.0556. The fourth-order valence-corrected chi connectivity index (χ4v) is 4.17. The minimum atomic E-state index is -0.781. The van der Waals surface area contributed by atoms with Gasteiger partial charge in [-0.2, -0.15) is 0 Å². The van der Waals surface area contributed by atoms with Gasteiger partial charge < -0.3 is 18.9 Å². The molecule has 5 aromatic carbocycles. The minimum absolute atomic E-state index is 0.118. The minimum Gasteiger partial charge on any atom is -0.423 e. The van der Waals surface area contributed by atoms with E-state index < -0.39 is 30.3 Å². The maximum Gasteiger partial charge on any atom is 0.343 e. The molecule has 0 aliphatic rings. The van der Waals surface area contributed by atoms with Crippen molar-refractivity contribution in [3.63, 3.8) is 0 Å². The van der Waals surface area contributed by atoms with E-state index in [1.807, 2.05) is 30.3 Å². The summed E-state index contributed by atoms with van der Waals surface area (Å²) in [6.07, 6.45) is 0. The van der Waals surface area contributed by atoms with Crippen LogP contribution in [0.2, 0.25) is 0 Å². The first-order valence-corrected chi connectivity index (χ1v) is 13.6. The third-order valence-corrected chi connectivity index (χ3v) is 6.31. The van der Waals surface area contributed by atoms with Gasteiger partial charge in [-0.05, 0) is 42.0 Å². The zero-order valence-corrected chi connectivity index (χ0v) is 23.4. The molecule has 0 aliphatic carbocycles. The highest BCUT2D eigenvalue weighted by atomic mass is 16.6. The number of rotatable bonds is 11. The summed E-state index contributed by atoms with van der Waals surface area (Å²) in [4.78, 5) is 52.8. The van der Waals surface area contributed by atoms with Gasteiger partial charge in [0, 0.05) is 12.1 Å². The third-order valence-electron chi connectivity index (χ3n) is 6.31. The van der Waals surface area contributed by atoms with Gasteiger partial charge in [0.05, 0.1) is 23.3 Å². The van der Waals surface area contributed by atoms with Gasteiger partial charge in [0.2, 0.25) is 0 Å². The first-order valence-electron chi connectivity index (χ1n) is 13.6. The van der Waals surface area contributed by atoms with Crippen LogP contribution in [0.15, 0.2) is 133 Å². The van der Waals surface area contributed by atoms with Crippen LogP contribution < -0.4 is 14.2 Å². The van der Waals surface area contributed by atoms with Crippen molar-refractivity contribution in [2.45, 2.75) is 6.61 Å². The summed E-state index contributed by atoms with van der Waals surface area (Å²) < 4.78 is 22.6. The first kappa shape index (κ1) is 29.6. The van der Waals surface area contributed by atoms with Crippen molar-refractivity contribution in [2.75, 3.05) is 6.61 Å². The number of Topliss-reactive ketones (excluding diaryl/α,β-unsaturated/α-hetero) is 1. The van der Waals surface area contributed by atoms with E-state index in [0.717, 1.165) is 5.56 Å². The van der Waals surface area contributed by atoms with E-state index in [1.54, 1.807) is 91.0 Å². The fourth-order valence-electron chi connectivity index (χ4n) is 4.17. The second kappa shape index (κ2) is 14.4. The first-order chi connectivity index (χ1) is 21.5. The summed E-state index contributed by atoms with van der Waals surface area (Å²) in [5.41, 5.74) is 1.29. The summed E-state index contributed by atoms with van der Waals surface area (Å²) in [6, 6.07) is 36.2. The second-order valence-corrected chi connectivity index (χ2v) is 9.46. The lowest BCUT2D eigenvalue weighted by atomic mass is 10.1. The van der Waals surface area contributed by atoms with Crippen LogP contribution in [0.4, 0.5) is 0 Å². The number of ether oxygens (including phenoxy) is 4. The van der Waals surface area contributed by atoms with Crippen molar-refractivity contribution in [2.24, 2.45) is 0 Å². The van der Waals surface area contributed by atoms with Crippen LogP contribution in [0.25, 0.3) is 0 Å². The van der Waals surface area contributed by atoms with Crippen LogP contribution in [0.3, 0.4) is 0 Å². The molecule has 0 fully saturated rings. The standard InChI is InChI=1S/C36H26O8/c37-30(24-41-23-25-13-5-1-6-14-25)33-31(43-35(39)27-17-9-3-10-18-27)21-29(42-34(38)26-15-7-2-8-16-26)22-32(33)44-36(40)28-19-11-4-12-20-28/h1-22H,23-24H2. The van der Waals surface area contributed by atoms with E-state index in [2.05, 4.69) is 0 Å². The van der Waals surface area contributed by atoms with Gasteiger partial charge in [-0.25, -0.2) is 14.4 Å². The van der Waals surface area contributed by atoms with Crippen molar-refractivity contribution in [1.82, 2.24) is 0 Å². The van der Waals surface area contributed by atoms with Gasteiger partial charge >= 0.3 is 17.9 Å². The van der Waals surface area contributed by atoms with Crippen LogP contribution in [0.1, 0.15) is 47.0 Å². The average molecular weight is 587 g/mol. The lowest BCUT2D eigenvalue weighted by molar-refractivity contribution is 0.0690. The molecule has 0 spiro atoms. The smallest absolute Gasteiger partial charge is 0.343 e. The van der Waals surface area contributed by atoms with Crippen molar-refractivity contribution in [3.8, 4) is 17.2 Å². The quantitative estimate of drug-likeness (QED) is 0.0952. The molecule has 0 bridgehead atoms. The van der Waals surface area contributed by atoms with Crippen molar-refractivity contribution >= 4 is 23.7 Å². The number of carbonyl (C=O) groups excluding carboxylic acids is 4. The molecule has 44 heavy (non-hydrogen) atoms. The van der Waals surface area contributed by atoms with Crippen molar-refractivity contribution in [3.05, 3.63) is 161 Å². The molecule has 8 nitrogen and oxygen atoms in total. The Hall–Kier alpha value is -5.86. The van der Waals surface area contributed by atoms with Gasteiger partial charge in [-0.1, -0.05) is 84.9 Å². The van der Waals surface area contributed by atoms with E-state index in [0.29, 0.717) is 0 Å². The Morgan fingerprint density at radius 3 is 1.30 bits per heavy atom. The van der Waals surface area contributed by atoms with Crippen LogP contribution >= 0.6 is 0 Å². The highest BCUT2D eigenvalue weighted by Crippen LogP contribution is 2.36. The molecule has 0 amide bonds. The summed E-state index contributed by atoms with van der Waals surface area (Å²) >= 11 is 0. The normalized spacial score (nSPS) is 10.5. The van der Waals surface area contributed by atoms with Gasteiger partial charge in [0.25, 0.3) is 0 Å². The zero-order chi connectivity index (χ0) is 30.7. The van der Waals surface area contributed by atoms with E-state index in [1.165, 1.54) is 12.1 Å². The molecule has 0 saturated heterocycles. The average Bonchev–Trinajstić information content (AvgIpc) is 3.06. The van der Waals surface area contributed by atoms with Crippen LogP contribution in [0.5, 0.6) is 17.2 Å². The lowest BCUT2D eigenvalue weighted by Gasteiger charge is -2.16. The maximum atomic E-state index is 13.7. The summed E-state index contributed by atoms with van der Waals surface area (Å²) in [7, 11) is 0. The molecule has 8 heteroatoms. The summed E-state index contributed by atoms with van der Waals surface area (Å²) in [6.45, 7) is -0.290. The number of hydrogen-bond donors (Lipinski definition) is 0. The second-order valence-electron chi connectivity index (χ2n) is 9.46. The van der Waals surface area contributed by atoms with E-state index >= 15 is 0 Å².